The molecule has 0 aliphatic heterocycles. The third-order valence-corrected chi connectivity index (χ3v) is 5.12. The highest BCUT2D eigenvalue weighted by molar-refractivity contribution is 7.90. The van der Waals surface area contributed by atoms with Gasteiger partial charge in [0.25, 0.3) is 0 Å². The first kappa shape index (κ1) is 15.2. The second kappa shape index (κ2) is 6.34. The summed E-state index contributed by atoms with van der Waals surface area (Å²) in [7, 11) is -1.64. The van der Waals surface area contributed by atoms with Gasteiger partial charge in [0.2, 0.25) is 10.0 Å². The molecule has 1 N–H and O–H groups in total. The third-order valence-electron chi connectivity index (χ3n) is 3.27. The van der Waals surface area contributed by atoms with Crippen LogP contribution in [0.25, 0.3) is 0 Å². The van der Waals surface area contributed by atoms with Gasteiger partial charge in [-0.1, -0.05) is 37.6 Å². The van der Waals surface area contributed by atoms with Crippen LogP contribution in [0.1, 0.15) is 38.4 Å². The number of hydrogen-bond donors (Lipinski definition) is 1. The van der Waals surface area contributed by atoms with Gasteiger partial charge in [-0.25, -0.2) is 13.1 Å². The van der Waals surface area contributed by atoms with E-state index in [1.807, 2.05) is 19.9 Å². The molecule has 18 heavy (non-hydrogen) atoms. The van der Waals surface area contributed by atoms with E-state index in [4.69, 9.17) is 0 Å². The molecule has 4 heteroatoms. The summed E-state index contributed by atoms with van der Waals surface area (Å²) >= 11 is 0. The Morgan fingerprint density at radius 3 is 2.56 bits per heavy atom. The molecule has 0 aromatic heterocycles. The van der Waals surface area contributed by atoms with Crippen molar-refractivity contribution >= 4 is 10.0 Å². The molecule has 1 atom stereocenters. The predicted octanol–water partition coefficient (Wildman–Crippen LogP) is 2.67. The highest BCUT2D eigenvalue weighted by Crippen LogP contribution is 2.25. The van der Waals surface area contributed by atoms with Crippen LogP contribution in [0.2, 0.25) is 0 Å². The number of sulfonamides is 1. The molecule has 0 saturated heterocycles. The maximum Gasteiger partial charge on any atom is 0.214 e. The second-order valence-electron chi connectivity index (χ2n) is 4.39. The fourth-order valence-electron chi connectivity index (χ4n) is 2.28. The van der Waals surface area contributed by atoms with Crippen molar-refractivity contribution in [1.82, 2.24) is 4.72 Å². The van der Waals surface area contributed by atoms with Crippen molar-refractivity contribution in [3.63, 3.8) is 0 Å². The zero-order valence-corrected chi connectivity index (χ0v) is 12.5. The zero-order valence-electron chi connectivity index (χ0n) is 11.7. The molecule has 1 aromatic rings. The first-order valence-electron chi connectivity index (χ1n) is 6.53. The van der Waals surface area contributed by atoms with Crippen LogP contribution >= 0.6 is 0 Å². The fraction of sp³-hybridized carbons (Fsp3) is 0.571. The number of rotatable bonds is 2. The van der Waals surface area contributed by atoms with Crippen molar-refractivity contribution in [3.8, 4) is 0 Å². The lowest BCUT2D eigenvalue weighted by Gasteiger charge is -2.24. The first-order valence-corrected chi connectivity index (χ1v) is 8.08. The normalized spacial score (nSPS) is 18.6. The molecule has 0 fully saturated rings. The minimum Gasteiger partial charge on any atom is -0.218 e. The van der Waals surface area contributed by atoms with E-state index < -0.39 is 10.0 Å². The largest absolute Gasteiger partial charge is 0.218 e. The minimum atomic E-state index is -3.12. The van der Waals surface area contributed by atoms with Crippen molar-refractivity contribution in [2.75, 3.05) is 7.05 Å². The molecule has 0 heterocycles. The van der Waals surface area contributed by atoms with Crippen LogP contribution in [0.4, 0.5) is 0 Å². The monoisotopic (exact) mass is 271 g/mol. The molecular formula is C14H25NO2S. The average Bonchev–Trinajstić information content (AvgIpc) is 2.40. The molecule has 1 unspecified atom stereocenters. The maximum atomic E-state index is 11.7. The number of hydrogen-bond acceptors (Lipinski definition) is 2. The van der Waals surface area contributed by atoms with Crippen LogP contribution in [0, 0.1) is 6.92 Å². The number of benzene rings is 1. The Balaban J connectivity index is 0.00000103. The maximum absolute atomic E-state index is 11.7. The van der Waals surface area contributed by atoms with E-state index >= 15 is 0 Å². The Kier molecular flexibility index (Phi) is 5.35. The minimum absolute atomic E-state index is 0. The molecule has 1 aliphatic rings. The molecule has 1 aromatic carbocycles. The summed E-state index contributed by atoms with van der Waals surface area (Å²) in [4.78, 5) is 0. The summed E-state index contributed by atoms with van der Waals surface area (Å²) in [5, 5.41) is -0.271. The molecule has 0 bridgehead atoms. The smallest absolute Gasteiger partial charge is 0.214 e. The summed E-state index contributed by atoms with van der Waals surface area (Å²) in [6, 6.07) is 6.27. The molecule has 0 saturated carbocycles. The van der Waals surface area contributed by atoms with Crippen molar-refractivity contribution in [1.29, 1.82) is 0 Å². The van der Waals surface area contributed by atoms with Gasteiger partial charge in [0.05, 0.1) is 5.25 Å². The molecule has 2 rings (SSSR count). The molecule has 3 nitrogen and oxygen atoms in total. The average molecular weight is 271 g/mol. The Morgan fingerprint density at radius 2 is 1.94 bits per heavy atom. The molecule has 1 aliphatic carbocycles. The van der Waals surface area contributed by atoms with Crippen molar-refractivity contribution in [2.45, 2.75) is 45.3 Å². The summed E-state index contributed by atoms with van der Waals surface area (Å²) in [6.45, 7) is 6.07. The molecule has 0 radical (unpaired) electrons. The number of aryl methyl sites for hydroxylation is 2. The number of fused-ring (bicyclic) bond motifs is 1. The van der Waals surface area contributed by atoms with Crippen molar-refractivity contribution in [3.05, 3.63) is 34.9 Å². The van der Waals surface area contributed by atoms with Gasteiger partial charge >= 0.3 is 0 Å². The number of nitrogens with one attached hydrogen (secondary N) is 1. The van der Waals surface area contributed by atoms with Crippen LogP contribution in [0.15, 0.2) is 18.2 Å². The van der Waals surface area contributed by atoms with Crippen molar-refractivity contribution in [2.24, 2.45) is 0 Å². The molecule has 0 spiro atoms. The van der Waals surface area contributed by atoms with E-state index in [0.29, 0.717) is 6.42 Å². The van der Waals surface area contributed by atoms with Gasteiger partial charge in [-0.15, -0.1) is 0 Å². The van der Waals surface area contributed by atoms with Gasteiger partial charge in [-0.2, -0.15) is 0 Å². The van der Waals surface area contributed by atoms with Crippen LogP contribution < -0.4 is 4.72 Å². The van der Waals surface area contributed by atoms with Crippen LogP contribution in [-0.2, 0) is 22.9 Å². The van der Waals surface area contributed by atoms with Gasteiger partial charge in [0, 0.05) is 1.43 Å². The Morgan fingerprint density at radius 1 is 1.28 bits per heavy atom. The Hall–Kier alpha value is -0.870. The quantitative estimate of drug-likeness (QED) is 0.899. The highest BCUT2D eigenvalue weighted by Gasteiger charge is 2.28. The summed E-state index contributed by atoms with van der Waals surface area (Å²) in [6.07, 6.45) is 2.22. The highest BCUT2D eigenvalue weighted by atomic mass is 32.2. The topological polar surface area (TPSA) is 46.2 Å². The fourth-order valence-corrected chi connectivity index (χ4v) is 3.44. The van der Waals surface area contributed by atoms with E-state index in [1.165, 1.54) is 23.7 Å². The van der Waals surface area contributed by atoms with Gasteiger partial charge in [0.15, 0.2) is 0 Å². The zero-order chi connectivity index (χ0) is 13.8. The summed E-state index contributed by atoms with van der Waals surface area (Å²) in [5.74, 6) is 0. The van der Waals surface area contributed by atoms with Crippen LogP contribution in [0.3, 0.4) is 0 Å². The first-order chi connectivity index (χ1) is 8.53. The van der Waals surface area contributed by atoms with Gasteiger partial charge in [0.1, 0.15) is 0 Å². The molecule has 0 amide bonds. The lowest BCUT2D eigenvalue weighted by molar-refractivity contribution is 0.553. The standard InChI is InChI=1S/C12H17NO2S.C2H6.H2/c1-9-3-4-11-8-12(16(14,15)13-2)6-5-10(11)7-9;1-2;/h3-4,7,12-13H,5-6,8H2,1-2H3;1-2H3;1H. The molecular weight excluding hydrogens is 246 g/mol. The van der Waals surface area contributed by atoms with Crippen LogP contribution in [0.5, 0.6) is 0 Å². The van der Waals surface area contributed by atoms with E-state index in [-0.39, 0.29) is 6.68 Å². The second-order valence-corrected chi connectivity index (χ2v) is 6.55. The van der Waals surface area contributed by atoms with E-state index in [2.05, 4.69) is 23.8 Å². The third kappa shape index (κ3) is 3.33. The lowest BCUT2D eigenvalue weighted by Crippen LogP contribution is -2.35. The molecule has 104 valence electrons. The van der Waals surface area contributed by atoms with E-state index in [0.717, 1.165) is 12.8 Å². The Labute approximate surface area is 112 Å². The van der Waals surface area contributed by atoms with Gasteiger partial charge in [-0.3, -0.25) is 0 Å². The van der Waals surface area contributed by atoms with Crippen molar-refractivity contribution < 1.29 is 9.84 Å². The lowest BCUT2D eigenvalue weighted by atomic mass is 9.90. The van der Waals surface area contributed by atoms with Gasteiger partial charge in [-0.05, 0) is 44.4 Å². The van der Waals surface area contributed by atoms with E-state index in [1.54, 1.807) is 0 Å². The SMILES string of the molecule is CC.CNS(=O)(=O)C1CCc2cc(C)ccc2C1.[HH]. The van der Waals surface area contributed by atoms with Gasteiger partial charge < -0.3 is 0 Å². The van der Waals surface area contributed by atoms with Crippen LogP contribution in [-0.4, -0.2) is 20.7 Å². The predicted molar refractivity (Wildman–Crippen MR) is 78.4 cm³/mol. The Bertz CT molecular complexity index is 500. The summed E-state index contributed by atoms with van der Waals surface area (Å²) in [5.41, 5.74) is 3.73. The summed E-state index contributed by atoms with van der Waals surface area (Å²) < 4.78 is 25.9. The van der Waals surface area contributed by atoms with E-state index in [9.17, 15) is 8.42 Å².